The SMILES string of the molecule is CC1=CC=C2C(O)C1=NCCN(C(C(=O)O)c1ccc(C)cc1O)C2C(=O)O. The van der Waals surface area contributed by atoms with Gasteiger partial charge in [0.2, 0.25) is 0 Å². The lowest BCUT2D eigenvalue weighted by molar-refractivity contribution is -0.150. The summed E-state index contributed by atoms with van der Waals surface area (Å²) in [6, 6.07) is 1.76. The van der Waals surface area contributed by atoms with Crippen LogP contribution in [0.3, 0.4) is 0 Å². The third-order valence-corrected chi connectivity index (χ3v) is 5.07. The van der Waals surface area contributed by atoms with Crippen molar-refractivity contribution in [3.05, 3.63) is 52.6 Å². The number of carbonyl (C=O) groups is 2. The molecule has 0 amide bonds. The largest absolute Gasteiger partial charge is 0.508 e. The molecule has 0 fully saturated rings. The number of aliphatic hydroxyl groups is 1. The number of aliphatic hydroxyl groups excluding tert-OH is 1. The van der Waals surface area contributed by atoms with Gasteiger partial charge in [0.05, 0.1) is 12.3 Å². The number of aryl methyl sites for hydroxylation is 1. The number of aliphatic carboxylic acids is 2. The zero-order valence-electron chi connectivity index (χ0n) is 15.5. The van der Waals surface area contributed by atoms with Gasteiger partial charge in [-0.15, -0.1) is 0 Å². The molecule has 1 aromatic carbocycles. The van der Waals surface area contributed by atoms with Crippen molar-refractivity contribution >= 4 is 17.7 Å². The Morgan fingerprint density at radius 2 is 1.93 bits per heavy atom. The Labute approximate surface area is 161 Å². The van der Waals surface area contributed by atoms with Gasteiger partial charge in [-0.1, -0.05) is 24.3 Å². The van der Waals surface area contributed by atoms with Crippen LogP contribution in [0.2, 0.25) is 0 Å². The molecule has 0 aromatic heterocycles. The van der Waals surface area contributed by atoms with E-state index in [4.69, 9.17) is 0 Å². The maximum absolute atomic E-state index is 12.1. The lowest BCUT2D eigenvalue weighted by Crippen LogP contribution is -2.52. The summed E-state index contributed by atoms with van der Waals surface area (Å²) in [5, 5.41) is 40.8. The van der Waals surface area contributed by atoms with Crippen LogP contribution < -0.4 is 0 Å². The van der Waals surface area contributed by atoms with Gasteiger partial charge < -0.3 is 20.4 Å². The van der Waals surface area contributed by atoms with Crippen LogP contribution >= 0.6 is 0 Å². The topological polar surface area (TPSA) is 131 Å². The average Bonchev–Trinajstić information content (AvgIpc) is 2.60. The number of hydrogen-bond acceptors (Lipinski definition) is 6. The normalized spacial score (nSPS) is 23.6. The van der Waals surface area contributed by atoms with Crippen molar-refractivity contribution < 1.29 is 30.0 Å². The fourth-order valence-electron chi connectivity index (χ4n) is 3.73. The summed E-state index contributed by atoms with van der Waals surface area (Å²) < 4.78 is 0. The van der Waals surface area contributed by atoms with Gasteiger partial charge >= 0.3 is 11.9 Å². The standard InChI is InChI=1S/C20H22N2O6/c1-10-3-5-12(14(23)9-10)16(19(25)26)22-8-7-21-15-11(2)4-6-13(18(15)24)17(22)20(27)28/h3-6,9,16-18,23-24H,7-8H2,1-2H3,(H,25,26)(H,27,28). The number of phenols is 1. The highest BCUT2D eigenvalue weighted by atomic mass is 16.4. The minimum Gasteiger partial charge on any atom is -0.508 e. The van der Waals surface area contributed by atoms with Crippen LogP contribution in [0.25, 0.3) is 0 Å². The molecule has 1 aliphatic carbocycles. The summed E-state index contributed by atoms with van der Waals surface area (Å²) in [4.78, 5) is 29.9. The summed E-state index contributed by atoms with van der Waals surface area (Å²) >= 11 is 0. The van der Waals surface area contributed by atoms with Crippen molar-refractivity contribution in [3.8, 4) is 5.75 Å². The summed E-state index contributed by atoms with van der Waals surface area (Å²) in [6.07, 6.45) is 1.94. The van der Waals surface area contributed by atoms with E-state index in [0.717, 1.165) is 11.1 Å². The minimum absolute atomic E-state index is 0.0299. The van der Waals surface area contributed by atoms with Crippen molar-refractivity contribution in [1.29, 1.82) is 0 Å². The number of aromatic hydroxyl groups is 1. The first-order valence-electron chi connectivity index (χ1n) is 8.84. The molecule has 8 nitrogen and oxygen atoms in total. The van der Waals surface area contributed by atoms with Crippen molar-refractivity contribution in [2.45, 2.75) is 32.0 Å². The van der Waals surface area contributed by atoms with Crippen LogP contribution in [0.4, 0.5) is 0 Å². The van der Waals surface area contributed by atoms with Gasteiger partial charge in [0.1, 0.15) is 23.9 Å². The van der Waals surface area contributed by atoms with Gasteiger partial charge in [0.15, 0.2) is 0 Å². The second kappa shape index (κ2) is 7.57. The zero-order valence-corrected chi connectivity index (χ0v) is 15.5. The van der Waals surface area contributed by atoms with E-state index in [1.807, 2.05) is 0 Å². The molecule has 1 aliphatic heterocycles. The fraction of sp³-hybridized carbons (Fsp3) is 0.350. The Balaban J connectivity index is 2.15. The summed E-state index contributed by atoms with van der Waals surface area (Å²) in [5.74, 6) is -2.80. The quantitative estimate of drug-likeness (QED) is 0.613. The van der Waals surface area contributed by atoms with Crippen molar-refractivity contribution in [1.82, 2.24) is 4.90 Å². The molecular weight excluding hydrogens is 364 g/mol. The van der Waals surface area contributed by atoms with Crippen LogP contribution in [0, 0.1) is 6.92 Å². The van der Waals surface area contributed by atoms with E-state index in [1.165, 1.54) is 23.1 Å². The molecule has 1 heterocycles. The van der Waals surface area contributed by atoms with Gasteiger partial charge in [-0.2, -0.15) is 0 Å². The van der Waals surface area contributed by atoms with Gasteiger partial charge in [0, 0.05) is 12.1 Å². The molecule has 3 atom stereocenters. The van der Waals surface area contributed by atoms with E-state index >= 15 is 0 Å². The second-order valence-corrected chi connectivity index (χ2v) is 6.97. The lowest BCUT2D eigenvalue weighted by Gasteiger charge is -2.38. The maximum atomic E-state index is 12.1. The molecule has 4 N–H and O–H groups in total. The first kappa shape index (κ1) is 19.8. The molecule has 0 radical (unpaired) electrons. The molecule has 148 valence electrons. The van der Waals surface area contributed by atoms with Crippen LogP contribution in [0.1, 0.15) is 24.1 Å². The van der Waals surface area contributed by atoms with Gasteiger partial charge in [-0.05, 0) is 36.6 Å². The maximum Gasteiger partial charge on any atom is 0.325 e. The molecule has 3 unspecified atom stereocenters. The van der Waals surface area contributed by atoms with E-state index in [-0.39, 0.29) is 30.0 Å². The Morgan fingerprint density at radius 3 is 2.54 bits per heavy atom. The van der Waals surface area contributed by atoms with Gasteiger partial charge in [-0.25, -0.2) is 0 Å². The molecule has 0 saturated heterocycles. The van der Waals surface area contributed by atoms with Crippen LogP contribution in [0.15, 0.2) is 46.5 Å². The first-order valence-corrected chi connectivity index (χ1v) is 8.84. The van der Waals surface area contributed by atoms with E-state index in [1.54, 1.807) is 26.0 Å². The monoisotopic (exact) mass is 386 g/mol. The summed E-state index contributed by atoms with van der Waals surface area (Å²) in [5.41, 5.74) is 2.11. The fourth-order valence-corrected chi connectivity index (χ4v) is 3.73. The Kier molecular flexibility index (Phi) is 5.35. The molecule has 3 rings (SSSR count). The van der Waals surface area contributed by atoms with E-state index in [0.29, 0.717) is 5.71 Å². The van der Waals surface area contributed by atoms with Crippen LogP contribution in [-0.2, 0) is 9.59 Å². The third kappa shape index (κ3) is 3.44. The number of carboxylic acid groups (broad SMARTS) is 2. The molecule has 8 heteroatoms. The lowest BCUT2D eigenvalue weighted by atomic mass is 9.86. The molecule has 2 aliphatic rings. The highest BCUT2D eigenvalue weighted by Gasteiger charge is 2.43. The number of fused-ring (bicyclic) bond motifs is 2. The van der Waals surface area contributed by atoms with Gasteiger partial charge in [0.25, 0.3) is 0 Å². The molecule has 0 saturated carbocycles. The molecule has 0 spiro atoms. The van der Waals surface area contributed by atoms with E-state index in [2.05, 4.69) is 4.99 Å². The summed E-state index contributed by atoms with van der Waals surface area (Å²) in [6.45, 7) is 3.67. The minimum atomic E-state index is -1.42. The number of hydrogen-bond donors (Lipinski definition) is 4. The predicted molar refractivity (Wildman–Crippen MR) is 101 cm³/mol. The zero-order chi connectivity index (χ0) is 20.6. The second-order valence-electron chi connectivity index (χ2n) is 6.97. The smallest absolute Gasteiger partial charge is 0.325 e. The number of nitrogens with zero attached hydrogens (tertiary/aromatic N) is 2. The van der Waals surface area contributed by atoms with E-state index in [9.17, 15) is 30.0 Å². The first-order chi connectivity index (χ1) is 13.2. The van der Waals surface area contributed by atoms with Crippen molar-refractivity contribution in [2.24, 2.45) is 4.99 Å². The number of benzene rings is 1. The number of aliphatic imine (C=N–C) groups is 1. The number of rotatable bonds is 4. The predicted octanol–water partition coefficient (Wildman–Crippen LogP) is 1.28. The summed E-state index contributed by atoms with van der Waals surface area (Å²) in [7, 11) is 0. The third-order valence-electron chi connectivity index (χ3n) is 5.07. The highest BCUT2D eigenvalue weighted by Crippen LogP contribution is 2.35. The highest BCUT2D eigenvalue weighted by molar-refractivity contribution is 6.07. The molecule has 28 heavy (non-hydrogen) atoms. The Morgan fingerprint density at radius 1 is 1.21 bits per heavy atom. The number of allylic oxidation sites excluding steroid dienone is 2. The van der Waals surface area contributed by atoms with E-state index < -0.39 is 30.1 Å². The van der Waals surface area contributed by atoms with Crippen LogP contribution in [-0.4, -0.2) is 68.2 Å². The van der Waals surface area contributed by atoms with Gasteiger partial charge in [-0.3, -0.25) is 19.5 Å². The molecule has 1 aromatic rings. The Bertz CT molecular complexity index is 917. The molecular formula is C20H22N2O6. The van der Waals surface area contributed by atoms with Crippen LogP contribution in [0.5, 0.6) is 5.75 Å². The molecule has 2 bridgehead atoms. The van der Waals surface area contributed by atoms with Crippen molar-refractivity contribution in [3.63, 3.8) is 0 Å². The number of phenolic OH excluding ortho intramolecular Hbond substituents is 1. The number of carboxylic acids is 2. The Hall–Kier alpha value is -2.97. The van der Waals surface area contributed by atoms with Crippen molar-refractivity contribution in [2.75, 3.05) is 13.1 Å². The average molecular weight is 386 g/mol.